The molecule has 1 rings (SSSR count). The number of aryl methyl sites for hydroxylation is 2. The van der Waals surface area contributed by atoms with Crippen molar-refractivity contribution < 1.29 is 9.90 Å². The first-order chi connectivity index (χ1) is 7.52. The Kier molecular flexibility index (Phi) is 4.87. The molecule has 0 heterocycles. The number of hydrogen-bond acceptors (Lipinski definition) is 2. The van der Waals surface area contributed by atoms with Gasteiger partial charge >= 0.3 is 5.97 Å². The second-order valence-electron chi connectivity index (χ2n) is 4.04. The van der Waals surface area contributed by atoms with Crippen molar-refractivity contribution >= 4 is 17.7 Å². The Morgan fingerprint density at radius 3 is 2.31 bits per heavy atom. The van der Waals surface area contributed by atoms with Gasteiger partial charge in [-0.25, -0.2) is 0 Å². The second-order valence-corrected chi connectivity index (χ2v) is 5.23. The van der Waals surface area contributed by atoms with Crippen LogP contribution in [0.4, 0.5) is 0 Å². The smallest absolute Gasteiger partial charge is 0.316 e. The van der Waals surface area contributed by atoms with Crippen molar-refractivity contribution in [2.75, 3.05) is 0 Å². The normalized spacial score (nSPS) is 12.4. The number of carbonyl (C=O) groups is 1. The maximum absolute atomic E-state index is 10.9. The summed E-state index contributed by atoms with van der Waals surface area (Å²) in [5.74, 6) is 0.0599. The van der Waals surface area contributed by atoms with Crippen molar-refractivity contribution in [1.29, 1.82) is 0 Å². The third-order valence-electron chi connectivity index (χ3n) is 2.38. The number of carboxylic acids is 1. The van der Waals surface area contributed by atoms with Crippen molar-refractivity contribution in [2.45, 2.75) is 38.2 Å². The third kappa shape index (κ3) is 3.89. The molecule has 1 aromatic carbocycles. The molecule has 0 aliphatic carbocycles. The van der Waals surface area contributed by atoms with Crippen molar-refractivity contribution in [2.24, 2.45) is 0 Å². The van der Waals surface area contributed by atoms with Crippen LogP contribution in [-0.4, -0.2) is 16.3 Å². The van der Waals surface area contributed by atoms with E-state index in [4.69, 9.17) is 5.11 Å². The molecule has 0 aromatic heterocycles. The minimum absolute atomic E-state index is 0.291. The van der Waals surface area contributed by atoms with Crippen molar-refractivity contribution in [3.8, 4) is 0 Å². The van der Waals surface area contributed by atoms with Crippen molar-refractivity contribution in [1.82, 2.24) is 0 Å². The minimum atomic E-state index is -0.711. The minimum Gasteiger partial charge on any atom is -0.480 e. The molecule has 16 heavy (non-hydrogen) atoms. The lowest BCUT2D eigenvalue weighted by molar-refractivity contribution is -0.136. The number of rotatable bonds is 5. The Bertz CT molecular complexity index is 354. The van der Waals surface area contributed by atoms with Crippen LogP contribution >= 0.6 is 11.8 Å². The van der Waals surface area contributed by atoms with Gasteiger partial charge in [0.15, 0.2) is 0 Å². The number of carboxylic acid groups (broad SMARTS) is 1. The monoisotopic (exact) mass is 238 g/mol. The molecular weight excluding hydrogens is 220 g/mol. The predicted molar refractivity (Wildman–Crippen MR) is 68.9 cm³/mol. The Hall–Kier alpha value is -0.960. The average molecular weight is 238 g/mol. The van der Waals surface area contributed by atoms with E-state index in [1.807, 2.05) is 6.92 Å². The molecule has 1 atom stereocenters. The van der Waals surface area contributed by atoms with Gasteiger partial charge in [-0.05, 0) is 25.8 Å². The zero-order valence-corrected chi connectivity index (χ0v) is 10.8. The molecule has 1 aromatic rings. The van der Waals surface area contributed by atoms with E-state index < -0.39 is 5.97 Å². The first-order valence-electron chi connectivity index (χ1n) is 5.44. The number of thioether (sulfide) groups is 1. The second kappa shape index (κ2) is 5.94. The summed E-state index contributed by atoms with van der Waals surface area (Å²) < 4.78 is 0. The molecule has 0 fully saturated rings. The van der Waals surface area contributed by atoms with E-state index in [9.17, 15) is 4.79 Å². The van der Waals surface area contributed by atoms with E-state index in [1.165, 1.54) is 28.5 Å². The molecule has 0 aliphatic heterocycles. The largest absolute Gasteiger partial charge is 0.480 e. The molecule has 0 saturated heterocycles. The topological polar surface area (TPSA) is 37.3 Å². The van der Waals surface area contributed by atoms with Gasteiger partial charge in [-0.2, -0.15) is 0 Å². The van der Waals surface area contributed by atoms with Gasteiger partial charge in [0.05, 0.1) is 0 Å². The van der Waals surface area contributed by atoms with Gasteiger partial charge in [-0.1, -0.05) is 36.2 Å². The Morgan fingerprint density at radius 2 is 1.88 bits per heavy atom. The quantitative estimate of drug-likeness (QED) is 0.854. The summed E-state index contributed by atoms with van der Waals surface area (Å²) >= 11 is 1.50. The van der Waals surface area contributed by atoms with Crippen LogP contribution in [0.15, 0.2) is 18.2 Å². The lowest BCUT2D eigenvalue weighted by Gasteiger charge is -2.10. The molecule has 2 nitrogen and oxygen atoms in total. The van der Waals surface area contributed by atoms with E-state index in [0.717, 1.165) is 5.75 Å². The number of aliphatic carboxylic acids is 1. The van der Waals surface area contributed by atoms with Crippen LogP contribution < -0.4 is 0 Å². The standard InChI is InChI=1S/C13H18O2S/c1-4-12(13(14)15)16-8-11-6-9(2)5-10(3)7-11/h5-7,12H,4,8H2,1-3H3,(H,14,15). The zero-order chi connectivity index (χ0) is 12.1. The molecule has 0 spiro atoms. The highest BCUT2D eigenvalue weighted by molar-refractivity contribution is 7.99. The van der Waals surface area contributed by atoms with Crippen molar-refractivity contribution in [3.05, 3.63) is 34.9 Å². The van der Waals surface area contributed by atoms with E-state index >= 15 is 0 Å². The summed E-state index contributed by atoms with van der Waals surface area (Å²) in [6.45, 7) is 6.04. The van der Waals surface area contributed by atoms with Crippen LogP contribution in [0.2, 0.25) is 0 Å². The molecule has 0 aliphatic rings. The molecular formula is C13H18O2S. The lowest BCUT2D eigenvalue weighted by atomic mass is 10.1. The number of benzene rings is 1. The average Bonchev–Trinajstić information content (AvgIpc) is 2.16. The summed E-state index contributed by atoms with van der Waals surface area (Å²) in [7, 11) is 0. The molecule has 3 heteroatoms. The fourth-order valence-corrected chi connectivity index (χ4v) is 2.65. The Balaban J connectivity index is 2.63. The maximum Gasteiger partial charge on any atom is 0.316 e. The van der Waals surface area contributed by atoms with Crippen LogP contribution in [0.3, 0.4) is 0 Å². The van der Waals surface area contributed by atoms with E-state index in [1.54, 1.807) is 0 Å². The Morgan fingerprint density at radius 1 is 1.31 bits per heavy atom. The van der Waals surface area contributed by atoms with Crippen LogP contribution in [0, 0.1) is 13.8 Å². The van der Waals surface area contributed by atoms with Gasteiger partial charge in [-0.15, -0.1) is 11.8 Å². The highest BCUT2D eigenvalue weighted by Crippen LogP contribution is 2.21. The van der Waals surface area contributed by atoms with Gasteiger partial charge in [0.25, 0.3) is 0 Å². The number of hydrogen-bond donors (Lipinski definition) is 1. The van der Waals surface area contributed by atoms with E-state index in [2.05, 4.69) is 32.0 Å². The zero-order valence-electron chi connectivity index (χ0n) is 9.99. The van der Waals surface area contributed by atoms with Gasteiger partial charge in [0.2, 0.25) is 0 Å². The SMILES string of the molecule is CCC(SCc1cc(C)cc(C)c1)C(=O)O. The summed E-state index contributed by atoms with van der Waals surface area (Å²) in [6, 6.07) is 6.37. The third-order valence-corrected chi connectivity index (χ3v) is 3.82. The summed E-state index contributed by atoms with van der Waals surface area (Å²) in [6.07, 6.45) is 0.671. The molecule has 88 valence electrons. The van der Waals surface area contributed by atoms with Crippen LogP contribution in [-0.2, 0) is 10.5 Å². The van der Waals surface area contributed by atoms with E-state index in [-0.39, 0.29) is 5.25 Å². The summed E-state index contributed by atoms with van der Waals surface area (Å²) in [4.78, 5) is 10.9. The molecule has 0 amide bonds. The lowest BCUT2D eigenvalue weighted by Crippen LogP contribution is -2.15. The Labute approximate surface area is 101 Å². The van der Waals surface area contributed by atoms with Crippen LogP contribution in [0.25, 0.3) is 0 Å². The van der Waals surface area contributed by atoms with Gasteiger partial charge in [0, 0.05) is 5.75 Å². The summed E-state index contributed by atoms with van der Waals surface area (Å²) in [5, 5.41) is 8.65. The molecule has 0 bridgehead atoms. The predicted octanol–water partition coefficient (Wildman–Crippen LogP) is 3.40. The van der Waals surface area contributed by atoms with Gasteiger partial charge in [-0.3, -0.25) is 4.79 Å². The highest BCUT2D eigenvalue weighted by Gasteiger charge is 2.15. The van der Waals surface area contributed by atoms with E-state index in [0.29, 0.717) is 6.42 Å². The van der Waals surface area contributed by atoms with Crippen molar-refractivity contribution in [3.63, 3.8) is 0 Å². The van der Waals surface area contributed by atoms with Crippen LogP contribution in [0.5, 0.6) is 0 Å². The molecule has 0 saturated carbocycles. The fourth-order valence-electron chi connectivity index (χ4n) is 1.71. The molecule has 0 radical (unpaired) electrons. The van der Waals surface area contributed by atoms with Crippen LogP contribution in [0.1, 0.15) is 30.0 Å². The first-order valence-corrected chi connectivity index (χ1v) is 6.49. The molecule has 1 unspecified atom stereocenters. The molecule has 1 N–H and O–H groups in total. The fraction of sp³-hybridized carbons (Fsp3) is 0.462. The highest BCUT2D eigenvalue weighted by atomic mass is 32.2. The van der Waals surface area contributed by atoms with Gasteiger partial charge in [0.1, 0.15) is 5.25 Å². The maximum atomic E-state index is 10.9. The summed E-state index contributed by atoms with van der Waals surface area (Å²) in [5.41, 5.74) is 3.68. The van der Waals surface area contributed by atoms with Gasteiger partial charge < -0.3 is 5.11 Å². The first kappa shape index (κ1) is 13.1.